The number of hydrogen-bond acceptors (Lipinski definition) is 2. The van der Waals surface area contributed by atoms with Crippen molar-refractivity contribution < 1.29 is 0 Å². The van der Waals surface area contributed by atoms with Crippen molar-refractivity contribution in [3.8, 4) is 0 Å². The third kappa shape index (κ3) is 2.94. The van der Waals surface area contributed by atoms with Crippen LogP contribution in [-0.2, 0) is 12.8 Å². The number of hydrogen-bond donors (Lipinski definition) is 1. The molecule has 0 aliphatic heterocycles. The molecule has 0 aromatic carbocycles. The summed E-state index contributed by atoms with van der Waals surface area (Å²) in [6.07, 6.45) is 4.90. The number of rotatable bonds is 3. The van der Waals surface area contributed by atoms with Crippen molar-refractivity contribution in [3.63, 3.8) is 0 Å². The van der Waals surface area contributed by atoms with E-state index in [9.17, 15) is 4.79 Å². The number of aromatic amines is 1. The summed E-state index contributed by atoms with van der Waals surface area (Å²) in [5.74, 6) is 0. The second-order valence-electron chi connectivity index (χ2n) is 3.53. The number of H-pyrrole nitrogens is 1. The predicted octanol–water partition coefficient (Wildman–Crippen LogP) is 2.21. The Hall–Kier alpha value is -1.61. The van der Waals surface area contributed by atoms with Crippen LogP contribution < -0.4 is 5.56 Å². The van der Waals surface area contributed by atoms with Gasteiger partial charge in [0.2, 0.25) is 5.56 Å². The molecule has 16 heavy (non-hydrogen) atoms. The van der Waals surface area contributed by atoms with Gasteiger partial charge in [-0.3, -0.25) is 9.78 Å². The maximum absolute atomic E-state index is 11.1. The minimum absolute atomic E-state index is 0.0680. The minimum Gasteiger partial charge on any atom is -0.329 e. The van der Waals surface area contributed by atoms with Gasteiger partial charge in [-0.25, -0.2) is 0 Å². The topological polar surface area (TPSA) is 45.8 Å². The molecule has 0 fully saturated rings. The summed E-state index contributed by atoms with van der Waals surface area (Å²) in [5, 5.41) is 0.639. The smallest absolute Gasteiger partial charge is 0.248 e. The first-order valence-electron chi connectivity index (χ1n) is 5.02. The molecule has 0 unspecified atom stereocenters. The molecule has 0 saturated carbocycles. The molecule has 0 atom stereocenters. The standard InChI is InChI=1S/C12H11ClN2O/c13-10-2-4-11(15-8-10)3-1-9-5-6-14-12(16)7-9/h2,4-8H,1,3H2,(H,14,16). The molecule has 1 N–H and O–H groups in total. The van der Waals surface area contributed by atoms with Crippen LogP contribution in [0.5, 0.6) is 0 Å². The Balaban J connectivity index is 2.02. The van der Waals surface area contributed by atoms with Crippen LogP contribution in [0.3, 0.4) is 0 Å². The zero-order valence-electron chi connectivity index (χ0n) is 8.61. The maximum atomic E-state index is 11.1. The van der Waals surface area contributed by atoms with Crippen molar-refractivity contribution >= 4 is 11.6 Å². The Morgan fingerprint density at radius 3 is 2.81 bits per heavy atom. The zero-order chi connectivity index (χ0) is 11.4. The van der Waals surface area contributed by atoms with Crippen molar-refractivity contribution in [3.05, 3.63) is 63.3 Å². The molecule has 2 aromatic rings. The van der Waals surface area contributed by atoms with Gasteiger partial charge in [0.15, 0.2) is 0 Å². The fourth-order valence-electron chi connectivity index (χ4n) is 1.47. The SMILES string of the molecule is O=c1cc(CCc2ccc(Cl)cn2)cc[nH]1. The van der Waals surface area contributed by atoms with E-state index in [-0.39, 0.29) is 5.56 Å². The molecule has 0 aliphatic rings. The summed E-state index contributed by atoms with van der Waals surface area (Å²) in [4.78, 5) is 17.8. The molecule has 2 heterocycles. The van der Waals surface area contributed by atoms with Gasteiger partial charge in [-0.1, -0.05) is 11.6 Å². The molecule has 0 spiro atoms. The van der Waals surface area contributed by atoms with Crippen molar-refractivity contribution in [1.82, 2.24) is 9.97 Å². The summed E-state index contributed by atoms with van der Waals surface area (Å²) in [5.41, 5.74) is 1.92. The highest BCUT2D eigenvalue weighted by molar-refractivity contribution is 6.30. The van der Waals surface area contributed by atoms with Gasteiger partial charge in [-0.15, -0.1) is 0 Å². The molecule has 0 aliphatic carbocycles. The molecule has 3 nitrogen and oxygen atoms in total. The normalized spacial score (nSPS) is 10.3. The summed E-state index contributed by atoms with van der Waals surface area (Å²) in [7, 11) is 0. The van der Waals surface area contributed by atoms with E-state index in [1.165, 1.54) is 0 Å². The first-order valence-corrected chi connectivity index (χ1v) is 5.40. The lowest BCUT2D eigenvalue weighted by Gasteiger charge is -2.00. The van der Waals surface area contributed by atoms with Gasteiger partial charge in [-0.2, -0.15) is 0 Å². The lowest BCUT2D eigenvalue weighted by Crippen LogP contribution is -2.05. The Morgan fingerprint density at radius 2 is 2.12 bits per heavy atom. The third-order valence-electron chi connectivity index (χ3n) is 2.30. The number of aryl methyl sites for hydroxylation is 2. The fourth-order valence-corrected chi connectivity index (χ4v) is 1.58. The van der Waals surface area contributed by atoms with E-state index >= 15 is 0 Å². The van der Waals surface area contributed by atoms with Crippen LogP contribution in [0.15, 0.2) is 41.5 Å². The first-order chi connectivity index (χ1) is 7.74. The highest BCUT2D eigenvalue weighted by Crippen LogP contribution is 2.08. The van der Waals surface area contributed by atoms with E-state index in [4.69, 9.17) is 11.6 Å². The van der Waals surface area contributed by atoms with Crippen molar-refractivity contribution in [1.29, 1.82) is 0 Å². The van der Waals surface area contributed by atoms with E-state index in [2.05, 4.69) is 9.97 Å². The molecular formula is C12H11ClN2O. The van der Waals surface area contributed by atoms with E-state index in [0.717, 1.165) is 24.1 Å². The molecule has 82 valence electrons. The lowest BCUT2D eigenvalue weighted by atomic mass is 10.1. The maximum Gasteiger partial charge on any atom is 0.248 e. The van der Waals surface area contributed by atoms with Gasteiger partial charge in [0.05, 0.1) is 5.02 Å². The number of halogens is 1. The van der Waals surface area contributed by atoms with Gasteiger partial charge >= 0.3 is 0 Å². The van der Waals surface area contributed by atoms with Crippen molar-refractivity contribution in [2.75, 3.05) is 0 Å². The van der Waals surface area contributed by atoms with E-state index in [1.807, 2.05) is 18.2 Å². The second kappa shape index (κ2) is 4.94. The summed E-state index contributed by atoms with van der Waals surface area (Å²) in [6, 6.07) is 7.23. The van der Waals surface area contributed by atoms with Crippen LogP contribution in [0.4, 0.5) is 0 Å². The second-order valence-corrected chi connectivity index (χ2v) is 3.97. The van der Waals surface area contributed by atoms with Gasteiger partial charge < -0.3 is 4.98 Å². The molecule has 0 amide bonds. The largest absolute Gasteiger partial charge is 0.329 e. The molecule has 2 rings (SSSR count). The highest BCUT2D eigenvalue weighted by atomic mass is 35.5. The molecular weight excluding hydrogens is 224 g/mol. The molecule has 0 radical (unpaired) electrons. The van der Waals surface area contributed by atoms with Gasteiger partial charge in [0.1, 0.15) is 0 Å². The highest BCUT2D eigenvalue weighted by Gasteiger charge is 1.97. The van der Waals surface area contributed by atoms with E-state index in [1.54, 1.807) is 18.5 Å². The minimum atomic E-state index is -0.0680. The molecule has 0 bridgehead atoms. The number of nitrogens with one attached hydrogen (secondary N) is 1. The summed E-state index contributed by atoms with van der Waals surface area (Å²) < 4.78 is 0. The molecule has 2 aromatic heterocycles. The summed E-state index contributed by atoms with van der Waals surface area (Å²) in [6.45, 7) is 0. The van der Waals surface area contributed by atoms with Crippen LogP contribution in [0.2, 0.25) is 5.02 Å². The van der Waals surface area contributed by atoms with E-state index in [0.29, 0.717) is 5.02 Å². The fraction of sp³-hybridized carbons (Fsp3) is 0.167. The lowest BCUT2D eigenvalue weighted by molar-refractivity contribution is 0.908. The van der Waals surface area contributed by atoms with E-state index < -0.39 is 0 Å². The first kappa shape index (κ1) is 10.9. The average Bonchev–Trinajstić information content (AvgIpc) is 2.28. The Bertz CT molecular complexity index is 519. The van der Waals surface area contributed by atoms with Gasteiger partial charge in [0.25, 0.3) is 0 Å². The number of nitrogens with zero attached hydrogens (tertiary/aromatic N) is 1. The molecule has 4 heteroatoms. The average molecular weight is 235 g/mol. The zero-order valence-corrected chi connectivity index (χ0v) is 9.37. The number of aromatic nitrogens is 2. The quantitative estimate of drug-likeness (QED) is 0.885. The van der Waals surface area contributed by atoms with Crippen molar-refractivity contribution in [2.45, 2.75) is 12.8 Å². The van der Waals surface area contributed by atoms with Crippen LogP contribution in [0.25, 0.3) is 0 Å². The van der Waals surface area contributed by atoms with Crippen LogP contribution in [0, 0.1) is 0 Å². The Labute approximate surface area is 98.1 Å². The Morgan fingerprint density at radius 1 is 1.25 bits per heavy atom. The van der Waals surface area contributed by atoms with Crippen molar-refractivity contribution in [2.24, 2.45) is 0 Å². The molecule has 0 saturated heterocycles. The number of pyridine rings is 2. The third-order valence-corrected chi connectivity index (χ3v) is 2.52. The van der Waals surface area contributed by atoms with Crippen LogP contribution in [-0.4, -0.2) is 9.97 Å². The Kier molecular flexibility index (Phi) is 3.37. The predicted molar refractivity (Wildman–Crippen MR) is 63.7 cm³/mol. The van der Waals surface area contributed by atoms with Crippen LogP contribution in [0.1, 0.15) is 11.3 Å². The summed E-state index contributed by atoms with van der Waals surface area (Å²) >= 11 is 5.74. The monoisotopic (exact) mass is 234 g/mol. The van der Waals surface area contributed by atoms with Crippen LogP contribution >= 0.6 is 11.6 Å². The van der Waals surface area contributed by atoms with Gasteiger partial charge in [0, 0.05) is 24.2 Å². The van der Waals surface area contributed by atoms with Gasteiger partial charge in [-0.05, 0) is 36.6 Å².